The molecular weight excluding hydrogens is 374 g/mol. The first-order chi connectivity index (χ1) is 14.1. The predicted octanol–water partition coefficient (Wildman–Crippen LogP) is 0.819. The average molecular weight is 393 g/mol. The van der Waals surface area contributed by atoms with Crippen molar-refractivity contribution in [1.82, 2.24) is 24.1 Å². The number of primary amides is 1. The number of ether oxygens (including phenoxy) is 1. The fourth-order valence-electron chi connectivity index (χ4n) is 3.79. The van der Waals surface area contributed by atoms with Crippen molar-refractivity contribution in [2.45, 2.75) is 12.1 Å². The van der Waals surface area contributed by atoms with Crippen LogP contribution in [0.4, 0.5) is 5.82 Å². The zero-order valence-corrected chi connectivity index (χ0v) is 15.6. The van der Waals surface area contributed by atoms with Gasteiger partial charge >= 0.3 is 0 Å². The number of nitrogens with two attached hydrogens (primary N) is 1. The molecule has 10 nitrogen and oxygen atoms in total. The van der Waals surface area contributed by atoms with Crippen LogP contribution in [0.15, 0.2) is 36.8 Å². The van der Waals surface area contributed by atoms with Crippen LogP contribution in [0, 0.1) is 0 Å². The van der Waals surface area contributed by atoms with E-state index in [-0.39, 0.29) is 11.6 Å². The summed E-state index contributed by atoms with van der Waals surface area (Å²) in [4.78, 5) is 21.0. The molecule has 0 aliphatic carbocycles. The molecule has 29 heavy (non-hydrogen) atoms. The van der Waals surface area contributed by atoms with Crippen molar-refractivity contribution in [3.05, 3.63) is 42.4 Å². The second-order valence-corrected chi connectivity index (χ2v) is 6.93. The largest absolute Gasteiger partial charge is 0.388 e. The average Bonchev–Trinajstić information content (AvgIpc) is 3.43. The smallest absolute Gasteiger partial charge is 0.254 e. The Labute approximate surface area is 164 Å². The van der Waals surface area contributed by atoms with E-state index >= 15 is 0 Å². The third-order valence-electron chi connectivity index (χ3n) is 5.24. The first-order valence-electron chi connectivity index (χ1n) is 9.16. The normalized spacial score (nSPS) is 19.2. The number of carbonyl (C=O) groups excluding carboxylic acids is 1. The molecule has 2 atom stereocenters. The minimum Gasteiger partial charge on any atom is -0.388 e. The second-order valence-electron chi connectivity index (χ2n) is 6.93. The molecule has 0 aromatic carbocycles. The van der Waals surface area contributed by atoms with Gasteiger partial charge in [-0.05, 0) is 12.1 Å². The molecule has 148 valence electrons. The molecule has 1 aliphatic rings. The molecule has 0 saturated carbocycles. The Balaban J connectivity index is 1.77. The minimum absolute atomic E-state index is 0.232. The topological polar surface area (TPSA) is 133 Å². The van der Waals surface area contributed by atoms with Crippen LogP contribution in [0.3, 0.4) is 0 Å². The van der Waals surface area contributed by atoms with E-state index in [2.05, 4.69) is 20.4 Å². The van der Waals surface area contributed by atoms with Crippen molar-refractivity contribution >= 4 is 28.4 Å². The number of aliphatic hydroxyl groups excluding tert-OH is 1. The van der Waals surface area contributed by atoms with Gasteiger partial charge in [-0.1, -0.05) is 0 Å². The molecule has 0 bridgehead atoms. The number of aromatic nitrogens is 5. The van der Waals surface area contributed by atoms with Crippen LogP contribution in [-0.2, 0) is 4.74 Å². The van der Waals surface area contributed by atoms with Crippen molar-refractivity contribution in [2.75, 3.05) is 25.6 Å². The molecule has 10 heteroatoms. The number of anilines is 1. The van der Waals surface area contributed by atoms with E-state index in [9.17, 15) is 9.90 Å². The molecule has 0 unspecified atom stereocenters. The first kappa shape index (κ1) is 17.6. The maximum atomic E-state index is 11.8. The number of nitrogens with one attached hydrogen (secondary N) is 1. The summed E-state index contributed by atoms with van der Waals surface area (Å²) in [6.07, 6.45) is 4.42. The van der Waals surface area contributed by atoms with Gasteiger partial charge in [0.2, 0.25) is 0 Å². The van der Waals surface area contributed by atoms with Gasteiger partial charge in [0.05, 0.1) is 31.1 Å². The molecule has 1 amide bonds. The van der Waals surface area contributed by atoms with Gasteiger partial charge in [-0.15, -0.1) is 0 Å². The third kappa shape index (κ3) is 2.64. The van der Waals surface area contributed by atoms with Crippen molar-refractivity contribution in [3.8, 4) is 11.3 Å². The van der Waals surface area contributed by atoms with E-state index in [4.69, 9.17) is 10.5 Å². The molecule has 1 aliphatic heterocycles. The summed E-state index contributed by atoms with van der Waals surface area (Å²) >= 11 is 0. The highest BCUT2D eigenvalue weighted by atomic mass is 16.5. The fraction of sp³-hybridized carbons (Fsp3) is 0.263. The molecule has 4 aromatic heterocycles. The third-order valence-corrected chi connectivity index (χ3v) is 5.24. The standard InChI is InChI=1S/C19H19N7O3/c1-21-16-5-13(24-19-11(17(20)28)6-23-26(16)19)12-7-25(14-8-29-9-15(14)27)18-10(12)3-2-4-22-18/h2-7,14-15,21,27H,8-9H2,1H3,(H2,20,28)/t14-,15-/m1/s1. The van der Waals surface area contributed by atoms with E-state index in [1.54, 1.807) is 13.2 Å². The first-order valence-corrected chi connectivity index (χ1v) is 9.16. The lowest BCUT2D eigenvalue weighted by molar-refractivity contribution is 0.100. The lowest BCUT2D eigenvalue weighted by Crippen LogP contribution is -2.21. The van der Waals surface area contributed by atoms with E-state index in [0.29, 0.717) is 30.4 Å². The summed E-state index contributed by atoms with van der Waals surface area (Å²) in [6.45, 7) is 0.696. The van der Waals surface area contributed by atoms with Crippen molar-refractivity contribution in [1.29, 1.82) is 0 Å². The summed E-state index contributed by atoms with van der Waals surface area (Å²) in [6, 6.07) is 5.42. The van der Waals surface area contributed by atoms with E-state index in [1.807, 2.05) is 29.0 Å². The van der Waals surface area contributed by atoms with Crippen LogP contribution < -0.4 is 11.1 Å². The van der Waals surface area contributed by atoms with E-state index < -0.39 is 12.0 Å². The zero-order chi connectivity index (χ0) is 20.1. The number of nitrogens with zero attached hydrogens (tertiary/aromatic N) is 5. The Morgan fingerprint density at radius 2 is 2.24 bits per heavy atom. The molecule has 5 heterocycles. The van der Waals surface area contributed by atoms with E-state index in [1.165, 1.54) is 10.7 Å². The van der Waals surface area contributed by atoms with Gasteiger partial charge in [-0.2, -0.15) is 9.61 Å². The molecule has 5 rings (SSSR count). The number of carbonyl (C=O) groups is 1. The summed E-state index contributed by atoms with van der Waals surface area (Å²) < 4.78 is 8.89. The highest BCUT2D eigenvalue weighted by molar-refractivity contribution is 6.00. The molecule has 0 radical (unpaired) electrons. The van der Waals surface area contributed by atoms with Crippen LogP contribution in [0.25, 0.3) is 27.9 Å². The monoisotopic (exact) mass is 393 g/mol. The maximum Gasteiger partial charge on any atom is 0.254 e. The number of aliphatic hydroxyl groups is 1. The van der Waals surface area contributed by atoms with Crippen molar-refractivity contribution in [2.24, 2.45) is 5.73 Å². The molecule has 0 spiro atoms. The van der Waals surface area contributed by atoms with Gasteiger partial charge in [-0.3, -0.25) is 4.79 Å². The fourth-order valence-corrected chi connectivity index (χ4v) is 3.79. The molecule has 1 fully saturated rings. The minimum atomic E-state index is -0.611. The maximum absolute atomic E-state index is 11.8. The zero-order valence-electron chi connectivity index (χ0n) is 15.6. The summed E-state index contributed by atoms with van der Waals surface area (Å²) in [5.74, 6) is 0.0635. The number of rotatable bonds is 4. The predicted molar refractivity (Wildman–Crippen MR) is 106 cm³/mol. The summed E-state index contributed by atoms with van der Waals surface area (Å²) in [7, 11) is 1.77. The summed E-state index contributed by atoms with van der Waals surface area (Å²) in [5, 5.41) is 18.5. The van der Waals surface area contributed by atoms with Crippen LogP contribution in [0.5, 0.6) is 0 Å². The van der Waals surface area contributed by atoms with Gasteiger partial charge in [0, 0.05) is 36.5 Å². The molecular formula is C19H19N7O3. The van der Waals surface area contributed by atoms with Gasteiger partial charge < -0.3 is 25.5 Å². The highest BCUT2D eigenvalue weighted by Gasteiger charge is 2.30. The number of pyridine rings is 1. The van der Waals surface area contributed by atoms with Crippen molar-refractivity contribution < 1.29 is 14.6 Å². The Morgan fingerprint density at radius 3 is 2.97 bits per heavy atom. The Kier molecular flexibility index (Phi) is 3.96. The number of fused-ring (bicyclic) bond motifs is 2. The second kappa shape index (κ2) is 6.54. The Bertz CT molecular complexity index is 1250. The van der Waals surface area contributed by atoms with Crippen molar-refractivity contribution in [3.63, 3.8) is 0 Å². The van der Waals surface area contributed by atoms with Crippen LogP contribution in [-0.4, -0.2) is 61.5 Å². The van der Waals surface area contributed by atoms with Gasteiger partial charge in [-0.25, -0.2) is 9.97 Å². The number of amides is 1. The van der Waals surface area contributed by atoms with Gasteiger partial charge in [0.25, 0.3) is 5.91 Å². The summed E-state index contributed by atoms with van der Waals surface area (Å²) in [5.41, 5.74) is 8.28. The lowest BCUT2D eigenvalue weighted by atomic mass is 10.1. The highest BCUT2D eigenvalue weighted by Crippen LogP contribution is 2.34. The Hall–Kier alpha value is -3.50. The van der Waals surface area contributed by atoms with Crippen LogP contribution in [0.1, 0.15) is 16.4 Å². The van der Waals surface area contributed by atoms with Gasteiger partial charge in [0.15, 0.2) is 5.65 Å². The van der Waals surface area contributed by atoms with E-state index in [0.717, 1.165) is 16.6 Å². The van der Waals surface area contributed by atoms with Crippen LogP contribution in [0.2, 0.25) is 0 Å². The lowest BCUT2D eigenvalue weighted by Gasteiger charge is -2.15. The quantitative estimate of drug-likeness (QED) is 0.467. The number of hydrogen-bond acceptors (Lipinski definition) is 7. The number of hydrogen-bond donors (Lipinski definition) is 3. The Morgan fingerprint density at radius 1 is 1.38 bits per heavy atom. The van der Waals surface area contributed by atoms with Crippen LogP contribution >= 0.6 is 0 Å². The SMILES string of the molecule is CNc1cc(-c2cn([C@@H]3COC[C@H]3O)c3ncccc23)nc2c(C(N)=O)cnn12. The molecule has 4 aromatic rings. The van der Waals surface area contributed by atoms with Gasteiger partial charge in [0.1, 0.15) is 23.1 Å². The molecule has 1 saturated heterocycles. The molecule has 4 N–H and O–H groups in total.